The Morgan fingerprint density at radius 3 is 3.00 bits per heavy atom. The van der Waals surface area contributed by atoms with E-state index < -0.39 is 0 Å². The first-order valence-electron chi connectivity index (χ1n) is 6.64. The molecule has 0 aliphatic heterocycles. The molecule has 2 unspecified atom stereocenters. The third-order valence-corrected chi connectivity index (χ3v) is 4.01. The fourth-order valence-corrected chi connectivity index (χ4v) is 2.74. The van der Waals surface area contributed by atoms with Gasteiger partial charge in [0.2, 0.25) is 0 Å². The first-order valence-corrected chi connectivity index (χ1v) is 6.64. The number of nitrogens with zero attached hydrogens (tertiary/aromatic N) is 1. The normalized spacial score (nSPS) is 24.9. The molecule has 0 spiro atoms. The Morgan fingerprint density at radius 2 is 2.29 bits per heavy atom. The summed E-state index contributed by atoms with van der Waals surface area (Å²) in [5.74, 6) is 1.39. The van der Waals surface area contributed by atoms with E-state index in [-0.39, 0.29) is 5.92 Å². The van der Waals surface area contributed by atoms with E-state index >= 15 is 0 Å². The van der Waals surface area contributed by atoms with Crippen molar-refractivity contribution in [3.05, 3.63) is 29.6 Å². The largest absolute Gasteiger partial charge is 0.299 e. The molecule has 0 radical (unpaired) electrons. The first-order chi connectivity index (χ1) is 8.20. The molecule has 17 heavy (non-hydrogen) atoms. The maximum atomic E-state index is 11.9. The lowest BCUT2D eigenvalue weighted by Crippen LogP contribution is -2.26. The molecule has 2 nitrogen and oxygen atoms in total. The molecule has 2 rings (SSSR count). The number of pyridine rings is 1. The molecule has 1 heterocycles. The smallest absolute Gasteiger partial charge is 0.136 e. The highest BCUT2D eigenvalue weighted by Gasteiger charge is 2.28. The van der Waals surface area contributed by atoms with Crippen LogP contribution in [-0.4, -0.2) is 10.8 Å². The average Bonchev–Trinajstić information content (AvgIpc) is 2.35. The van der Waals surface area contributed by atoms with Gasteiger partial charge in [-0.05, 0) is 43.7 Å². The summed E-state index contributed by atoms with van der Waals surface area (Å²) in [6.07, 6.45) is 6.79. The molecule has 0 aromatic carbocycles. The number of rotatable bonds is 3. The summed E-state index contributed by atoms with van der Waals surface area (Å²) in [5.41, 5.74) is 2.31. The van der Waals surface area contributed by atoms with E-state index in [1.54, 1.807) is 0 Å². The molecule has 2 heteroatoms. The van der Waals surface area contributed by atoms with Crippen LogP contribution in [0.4, 0.5) is 0 Å². The van der Waals surface area contributed by atoms with Gasteiger partial charge in [0.25, 0.3) is 0 Å². The second-order valence-corrected chi connectivity index (χ2v) is 5.18. The first kappa shape index (κ1) is 12.3. The minimum Gasteiger partial charge on any atom is -0.299 e. The number of carbonyl (C=O) groups is 1. The highest BCUT2D eigenvalue weighted by molar-refractivity contribution is 5.82. The Bertz CT molecular complexity index is 400. The van der Waals surface area contributed by atoms with Crippen molar-refractivity contribution < 1.29 is 4.79 Å². The molecule has 1 aromatic heterocycles. The van der Waals surface area contributed by atoms with Gasteiger partial charge in [-0.1, -0.05) is 19.4 Å². The maximum absolute atomic E-state index is 11.9. The van der Waals surface area contributed by atoms with Crippen LogP contribution in [0.2, 0.25) is 0 Å². The predicted molar refractivity (Wildman–Crippen MR) is 68.8 cm³/mol. The van der Waals surface area contributed by atoms with Crippen molar-refractivity contribution in [2.24, 2.45) is 11.8 Å². The Kier molecular flexibility index (Phi) is 3.93. The zero-order chi connectivity index (χ0) is 12.3. The third-order valence-electron chi connectivity index (χ3n) is 4.01. The van der Waals surface area contributed by atoms with Crippen LogP contribution in [-0.2, 0) is 11.2 Å². The molecule has 92 valence electrons. The Hall–Kier alpha value is -1.18. The van der Waals surface area contributed by atoms with Crippen LogP contribution in [0.3, 0.4) is 0 Å². The summed E-state index contributed by atoms with van der Waals surface area (Å²) in [6.45, 7) is 4.30. The van der Waals surface area contributed by atoms with Gasteiger partial charge in [0.1, 0.15) is 5.78 Å². The van der Waals surface area contributed by atoms with Crippen molar-refractivity contribution >= 4 is 5.78 Å². The number of aryl methyl sites for hydroxylation is 1. The molecule has 0 amide bonds. The second-order valence-electron chi connectivity index (χ2n) is 5.18. The van der Waals surface area contributed by atoms with Gasteiger partial charge in [-0.15, -0.1) is 0 Å². The number of carbonyl (C=O) groups excluding carboxylic acids is 1. The summed E-state index contributed by atoms with van der Waals surface area (Å²) in [5, 5.41) is 0. The fraction of sp³-hybridized carbons (Fsp3) is 0.600. The summed E-state index contributed by atoms with van der Waals surface area (Å²) in [4.78, 5) is 16.3. The van der Waals surface area contributed by atoms with Crippen molar-refractivity contribution in [1.29, 1.82) is 0 Å². The highest BCUT2D eigenvalue weighted by Crippen LogP contribution is 2.30. The number of hydrogen-bond acceptors (Lipinski definition) is 2. The van der Waals surface area contributed by atoms with Gasteiger partial charge in [-0.3, -0.25) is 9.78 Å². The lowest BCUT2D eigenvalue weighted by atomic mass is 9.77. The van der Waals surface area contributed by atoms with Crippen molar-refractivity contribution in [2.75, 3.05) is 0 Å². The summed E-state index contributed by atoms with van der Waals surface area (Å²) < 4.78 is 0. The van der Waals surface area contributed by atoms with Crippen LogP contribution in [0.5, 0.6) is 0 Å². The van der Waals surface area contributed by atoms with Gasteiger partial charge in [0.15, 0.2) is 0 Å². The molecule has 0 N–H and O–H groups in total. The van der Waals surface area contributed by atoms with E-state index in [1.807, 2.05) is 12.3 Å². The van der Waals surface area contributed by atoms with Crippen LogP contribution in [0, 0.1) is 18.8 Å². The molecule has 1 fully saturated rings. The monoisotopic (exact) mass is 231 g/mol. The van der Waals surface area contributed by atoms with Crippen molar-refractivity contribution in [2.45, 2.75) is 46.0 Å². The van der Waals surface area contributed by atoms with Gasteiger partial charge < -0.3 is 0 Å². The van der Waals surface area contributed by atoms with Crippen LogP contribution in [0.15, 0.2) is 18.3 Å². The van der Waals surface area contributed by atoms with Gasteiger partial charge in [0, 0.05) is 24.2 Å². The molecular weight excluding hydrogens is 210 g/mol. The quantitative estimate of drug-likeness (QED) is 0.798. The Balaban J connectivity index is 2.07. The predicted octanol–water partition coefficient (Wildman–Crippen LogP) is 3.33. The average molecular weight is 231 g/mol. The van der Waals surface area contributed by atoms with E-state index in [1.165, 1.54) is 12.0 Å². The molecule has 1 aliphatic rings. The fourth-order valence-electron chi connectivity index (χ4n) is 2.74. The Morgan fingerprint density at radius 1 is 1.47 bits per heavy atom. The lowest BCUT2D eigenvalue weighted by Gasteiger charge is -2.27. The van der Waals surface area contributed by atoms with Gasteiger partial charge >= 0.3 is 0 Å². The zero-order valence-electron chi connectivity index (χ0n) is 10.8. The van der Waals surface area contributed by atoms with Crippen molar-refractivity contribution in [3.8, 4) is 0 Å². The van der Waals surface area contributed by atoms with Gasteiger partial charge in [0.05, 0.1) is 0 Å². The van der Waals surface area contributed by atoms with Crippen LogP contribution < -0.4 is 0 Å². The molecule has 1 aromatic rings. The lowest BCUT2D eigenvalue weighted by molar-refractivity contribution is -0.125. The SMILES string of the molecule is CCC1CCC(=O)C(Cc2ncccc2C)C1. The molecule has 2 atom stereocenters. The maximum Gasteiger partial charge on any atom is 0.136 e. The van der Waals surface area contributed by atoms with E-state index in [2.05, 4.69) is 24.9 Å². The Labute approximate surface area is 103 Å². The minimum atomic E-state index is 0.210. The van der Waals surface area contributed by atoms with Crippen molar-refractivity contribution in [1.82, 2.24) is 4.98 Å². The van der Waals surface area contributed by atoms with Crippen molar-refractivity contribution in [3.63, 3.8) is 0 Å². The van der Waals surface area contributed by atoms with E-state index in [0.717, 1.165) is 37.3 Å². The standard InChI is InChI=1S/C15H21NO/c1-3-12-6-7-15(17)13(9-12)10-14-11(2)5-4-8-16-14/h4-5,8,12-13H,3,6-7,9-10H2,1-2H3. The van der Waals surface area contributed by atoms with Gasteiger partial charge in [-0.2, -0.15) is 0 Å². The van der Waals surface area contributed by atoms with E-state index in [4.69, 9.17) is 0 Å². The van der Waals surface area contributed by atoms with Crippen LogP contribution >= 0.6 is 0 Å². The molecule has 1 saturated carbocycles. The number of ketones is 1. The molecular formula is C15H21NO. The van der Waals surface area contributed by atoms with Crippen LogP contribution in [0.1, 0.15) is 43.9 Å². The third kappa shape index (κ3) is 2.93. The zero-order valence-corrected chi connectivity index (χ0v) is 10.8. The molecule has 0 bridgehead atoms. The molecule has 1 aliphatic carbocycles. The van der Waals surface area contributed by atoms with E-state index in [9.17, 15) is 4.79 Å². The number of aromatic nitrogens is 1. The highest BCUT2D eigenvalue weighted by atomic mass is 16.1. The summed E-state index contributed by atoms with van der Waals surface area (Å²) in [6, 6.07) is 4.03. The molecule has 0 saturated heterocycles. The topological polar surface area (TPSA) is 30.0 Å². The minimum absolute atomic E-state index is 0.210. The number of Topliss-reactive ketones (excluding diaryl/α,β-unsaturated/α-hetero) is 1. The van der Waals surface area contributed by atoms with E-state index in [0.29, 0.717) is 5.78 Å². The number of hydrogen-bond donors (Lipinski definition) is 0. The summed E-state index contributed by atoms with van der Waals surface area (Å²) in [7, 11) is 0. The summed E-state index contributed by atoms with van der Waals surface area (Å²) >= 11 is 0. The second kappa shape index (κ2) is 5.44. The van der Waals surface area contributed by atoms with Gasteiger partial charge in [-0.25, -0.2) is 0 Å². The van der Waals surface area contributed by atoms with Crippen LogP contribution in [0.25, 0.3) is 0 Å².